The molecule has 1 atom stereocenters. The van der Waals surface area contributed by atoms with Crippen molar-refractivity contribution in [1.29, 1.82) is 0 Å². The fourth-order valence-corrected chi connectivity index (χ4v) is 5.47. The number of hydrogen-bond acceptors (Lipinski definition) is 8. The number of rotatable bonds is 6. The van der Waals surface area contributed by atoms with Crippen LogP contribution in [0.2, 0.25) is 0 Å². The molecule has 0 bridgehead atoms. The van der Waals surface area contributed by atoms with E-state index in [1.165, 1.54) is 5.69 Å². The Kier molecular flexibility index (Phi) is 5.93. The van der Waals surface area contributed by atoms with Gasteiger partial charge in [-0.3, -0.25) is 9.69 Å². The molecule has 1 N–H and O–H groups in total. The minimum atomic E-state index is -0.430. The number of fused-ring (bicyclic) bond motifs is 2. The van der Waals surface area contributed by atoms with Gasteiger partial charge in [-0.05, 0) is 40.3 Å². The molecule has 2 aliphatic rings. The van der Waals surface area contributed by atoms with E-state index >= 15 is 0 Å². The lowest BCUT2D eigenvalue weighted by molar-refractivity contribution is 0.174. The molecule has 1 fully saturated rings. The molecule has 10 nitrogen and oxygen atoms in total. The molecule has 0 saturated carbocycles. The van der Waals surface area contributed by atoms with Crippen LogP contribution in [0.1, 0.15) is 23.0 Å². The van der Waals surface area contributed by atoms with Crippen LogP contribution in [0.25, 0.3) is 10.9 Å². The first-order valence-electron chi connectivity index (χ1n) is 13.0. The summed E-state index contributed by atoms with van der Waals surface area (Å²) in [4.78, 5) is 21.4. The summed E-state index contributed by atoms with van der Waals surface area (Å²) in [6, 6.07) is 25.7. The van der Waals surface area contributed by atoms with Gasteiger partial charge in [-0.2, -0.15) is 0 Å². The highest BCUT2D eigenvalue weighted by atomic mass is 16.7. The molecule has 2 aromatic heterocycles. The van der Waals surface area contributed by atoms with Gasteiger partial charge < -0.3 is 19.4 Å². The maximum Gasteiger partial charge on any atom is 0.253 e. The molecule has 10 heteroatoms. The van der Waals surface area contributed by atoms with Crippen LogP contribution in [0, 0.1) is 0 Å². The van der Waals surface area contributed by atoms with Gasteiger partial charge in [0.25, 0.3) is 5.56 Å². The van der Waals surface area contributed by atoms with Crippen molar-refractivity contribution in [3.8, 4) is 11.5 Å². The molecule has 1 unspecified atom stereocenters. The third-order valence-electron chi connectivity index (χ3n) is 7.44. The van der Waals surface area contributed by atoms with E-state index in [1.54, 1.807) is 4.68 Å². The van der Waals surface area contributed by atoms with Gasteiger partial charge in [-0.25, -0.2) is 4.68 Å². The van der Waals surface area contributed by atoms with Crippen molar-refractivity contribution in [2.24, 2.45) is 0 Å². The van der Waals surface area contributed by atoms with Crippen LogP contribution in [0.4, 0.5) is 5.69 Å². The zero-order chi connectivity index (χ0) is 26.2. The first-order valence-corrected chi connectivity index (χ1v) is 13.0. The largest absolute Gasteiger partial charge is 0.454 e. The van der Waals surface area contributed by atoms with Crippen molar-refractivity contribution in [1.82, 2.24) is 30.1 Å². The molecule has 7 rings (SSSR count). The van der Waals surface area contributed by atoms with Crippen LogP contribution in [0.15, 0.2) is 83.7 Å². The summed E-state index contributed by atoms with van der Waals surface area (Å²) in [6.45, 7) is 3.82. The van der Waals surface area contributed by atoms with Gasteiger partial charge in [0.1, 0.15) is 6.04 Å². The minimum Gasteiger partial charge on any atom is -0.454 e. The smallest absolute Gasteiger partial charge is 0.253 e. The second-order valence-electron chi connectivity index (χ2n) is 9.79. The number of hydrogen-bond donors (Lipinski definition) is 1. The number of anilines is 1. The Bertz CT molecular complexity index is 1660. The number of aromatic amines is 1. The molecule has 5 aromatic rings. The monoisotopic (exact) mass is 521 g/mol. The highest BCUT2D eigenvalue weighted by Gasteiger charge is 2.33. The number of benzene rings is 3. The molecule has 1 saturated heterocycles. The molecular formula is C29H27N7O3. The van der Waals surface area contributed by atoms with Crippen LogP contribution in [-0.4, -0.2) is 63.1 Å². The molecule has 4 heterocycles. The van der Waals surface area contributed by atoms with Gasteiger partial charge in [-0.1, -0.05) is 48.5 Å². The lowest BCUT2D eigenvalue weighted by Gasteiger charge is -2.39. The third kappa shape index (κ3) is 4.48. The normalized spacial score (nSPS) is 16.1. The molecule has 0 radical (unpaired) electrons. The summed E-state index contributed by atoms with van der Waals surface area (Å²) in [5, 5.41) is 13.7. The molecule has 3 aromatic carbocycles. The standard InChI is InChI=1S/C29H27N7O3/c37-29-23(15-21-16-25-26(39-19-38-25)17-24(21)30-29)27(28-31-32-33-36(28)18-20-7-3-1-4-8-20)35-13-11-34(12-14-35)22-9-5-2-6-10-22/h1-10,15-17,27H,11-14,18-19H2,(H,30,37). The molecule has 2 aliphatic heterocycles. The predicted molar refractivity (Wildman–Crippen MR) is 146 cm³/mol. The van der Waals surface area contributed by atoms with E-state index in [1.807, 2.05) is 54.6 Å². The van der Waals surface area contributed by atoms with Crippen molar-refractivity contribution in [2.45, 2.75) is 12.6 Å². The Morgan fingerprint density at radius 2 is 1.59 bits per heavy atom. The third-order valence-corrected chi connectivity index (χ3v) is 7.44. The highest BCUT2D eigenvalue weighted by Crippen LogP contribution is 2.36. The Morgan fingerprint density at radius 3 is 2.36 bits per heavy atom. The Morgan fingerprint density at radius 1 is 0.872 bits per heavy atom. The lowest BCUT2D eigenvalue weighted by Crippen LogP contribution is -2.49. The van der Waals surface area contributed by atoms with Gasteiger partial charge in [-0.15, -0.1) is 5.10 Å². The quantitative estimate of drug-likeness (QED) is 0.364. The molecule has 196 valence electrons. The number of piperazine rings is 1. The number of aromatic nitrogens is 5. The second kappa shape index (κ2) is 9.88. The number of ether oxygens (including phenoxy) is 2. The average Bonchev–Trinajstić information content (AvgIpc) is 3.63. The van der Waals surface area contributed by atoms with Crippen LogP contribution in [0.5, 0.6) is 11.5 Å². The maximum absolute atomic E-state index is 13.6. The van der Waals surface area contributed by atoms with Crippen molar-refractivity contribution in [3.63, 3.8) is 0 Å². The Balaban J connectivity index is 1.28. The van der Waals surface area contributed by atoms with Gasteiger partial charge in [0.05, 0.1) is 12.1 Å². The van der Waals surface area contributed by atoms with Crippen molar-refractivity contribution >= 4 is 16.6 Å². The number of H-pyrrole nitrogens is 1. The predicted octanol–water partition coefficient (Wildman–Crippen LogP) is 3.20. The van der Waals surface area contributed by atoms with E-state index < -0.39 is 6.04 Å². The Hall–Kier alpha value is -4.70. The fraction of sp³-hybridized carbons (Fsp3) is 0.241. The fourth-order valence-electron chi connectivity index (χ4n) is 5.47. The van der Waals surface area contributed by atoms with E-state index in [-0.39, 0.29) is 12.4 Å². The van der Waals surface area contributed by atoms with Crippen molar-refractivity contribution < 1.29 is 9.47 Å². The number of nitrogens with zero attached hydrogens (tertiary/aromatic N) is 6. The number of nitrogens with one attached hydrogen (secondary N) is 1. The van der Waals surface area contributed by atoms with Gasteiger partial charge in [0.15, 0.2) is 17.3 Å². The van der Waals surface area contributed by atoms with E-state index in [9.17, 15) is 4.79 Å². The lowest BCUT2D eigenvalue weighted by atomic mass is 10.0. The molecule has 39 heavy (non-hydrogen) atoms. The van der Waals surface area contributed by atoms with Gasteiger partial charge in [0, 0.05) is 48.9 Å². The zero-order valence-corrected chi connectivity index (χ0v) is 21.2. The van der Waals surface area contributed by atoms with E-state index in [2.05, 4.69) is 54.6 Å². The summed E-state index contributed by atoms with van der Waals surface area (Å²) < 4.78 is 12.9. The molecular weight excluding hydrogens is 494 g/mol. The van der Waals surface area contributed by atoms with E-state index in [0.717, 1.165) is 37.1 Å². The van der Waals surface area contributed by atoms with Crippen LogP contribution in [-0.2, 0) is 6.54 Å². The second-order valence-corrected chi connectivity index (χ2v) is 9.79. The summed E-state index contributed by atoms with van der Waals surface area (Å²) in [7, 11) is 0. The van der Waals surface area contributed by atoms with Crippen molar-refractivity contribution in [2.75, 3.05) is 37.9 Å². The topological polar surface area (TPSA) is 101 Å². The van der Waals surface area contributed by atoms with Gasteiger partial charge >= 0.3 is 0 Å². The first-order chi connectivity index (χ1) is 19.2. The van der Waals surface area contributed by atoms with Gasteiger partial charge in [0.2, 0.25) is 6.79 Å². The summed E-state index contributed by atoms with van der Waals surface area (Å²) in [5.74, 6) is 1.94. The summed E-state index contributed by atoms with van der Waals surface area (Å²) in [6.07, 6.45) is 0. The zero-order valence-electron chi connectivity index (χ0n) is 21.2. The SMILES string of the molecule is O=c1[nH]c2cc3c(cc2cc1C(c1nnnn1Cc1ccccc1)N1CCN(c2ccccc2)CC1)OCO3. The average molecular weight is 522 g/mol. The number of para-hydroxylation sites is 1. The Labute approximate surface area is 224 Å². The number of pyridine rings is 1. The van der Waals surface area contributed by atoms with E-state index in [0.29, 0.717) is 34.9 Å². The van der Waals surface area contributed by atoms with Crippen LogP contribution >= 0.6 is 0 Å². The highest BCUT2D eigenvalue weighted by molar-refractivity contribution is 5.83. The van der Waals surface area contributed by atoms with Crippen molar-refractivity contribution in [3.05, 3.63) is 106 Å². The van der Waals surface area contributed by atoms with Crippen LogP contribution in [0.3, 0.4) is 0 Å². The number of tetrazole rings is 1. The molecule has 0 amide bonds. The summed E-state index contributed by atoms with van der Waals surface area (Å²) >= 11 is 0. The molecule has 0 aliphatic carbocycles. The summed E-state index contributed by atoms with van der Waals surface area (Å²) in [5.41, 5.74) is 3.40. The first kappa shape index (κ1) is 23.4. The molecule has 0 spiro atoms. The van der Waals surface area contributed by atoms with E-state index in [4.69, 9.17) is 9.47 Å². The maximum atomic E-state index is 13.6. The van der Waals surface area contributed by atoms with Crippen LogP contribution < -0.4 is 19.9 Å². The minimum absolute atomic E-state index is 0.172.